The van der Waals surface area contributed by atoms with E-state index in [1.807, 2.05) is 4.90 Å². The Balaban J connectivity index is 1.53. The highest BCUT2D eigenvalue weighted by Gasteiger charge is 2.43. The lowest BCUT2D eigenvalue weighted by atomic mass is 9.99. The molecule has 2 atom stereocenters. The fourth-order valence-corrected chi connectivity index (χ4v) is 3.54. The van der Waals surface area contributed by atoms with Crippen LogP contribution in [0.3, 0.4) is 0 Å². The smallest absolute Gasteiger partial charge is 0.306 e. The molecule has 112 valence electrons. The van der Waals surface area contributed by atoms with Crippen LogP contribution in [0.5, 0.6) is 0 Å². The molecule has 1 spiro atoms. The maximum atomic E-state index is 12.4. The number of ether oxygens (including phenoxy) is 2. The molecular formula is C14H21NO5. The predicted molar refractivity (Wildman–Crippen MR) is 68.9 cm³/mol. The maximum Gasteiger partial charge on any atom is 0.306 e. The topological polar surface area (TPSA) is 76.1 Å². The third-order valence-corrected chi connectivity index (χ3v) is 4.78. The minimum Gasteiger partial charge on any atom is -0.481 e. The van der Waals surface area contributed by atoms with Crippen LogP contribution in [0.2, 0.25) is 0 Å². The molecule has 2 saturated heterocycles. The lowest BCUT2D eigenvalue weighted by Crippen LogP contribution is -2.48. The van der Waals surface area contributed by atoms with Gasteiger partial charge in [-0.3, -0.25) is 9.59 Å². The monoisotopic (exact) mass is 283 g/mol. The van der Waals surface area contributed by atoms with Crippen LogP contribution in [0.1, 0.15) is 32.1 Å². The zero-order valence-electron chi connectivity index (χ0n) is 11.5. The quantitative estimate of drug-likeness (QED) is 0.813. The molecule has 2 heterocycles. The minimum atomic E-state index is -0.773. The zero-order chi connectivity index (χ0) is 14.2. The summed E-state index contributed by atoms with van der Waals surface area (Å²) >= 11 is 0. The van der Waals surface area contributed by atoms with Crippen LogP contribution in [0, 0.1) is 11.8 Å². The van der Waals surface area contributed by atoms with Crippen LogP contribution in [0.25, 0.3) is 0 Å². The number of nitrogens with zero attached hydrogens (tertiary/aromatic N) is 1. The van der Waals surface area contributed by atoms with Crippen molar-refractivity contribution in [1.29, 1.82) is 0 Å². The number of carboxylic acid groups (broad SMARTS) is 1. The van der Waals surface area contributed by atoms with Gasteiger partial charge >= 0.3 is 5.97 Å². The van der Waals surface area contributed by atoms with E-state index in [1.165, 1.54) is 0 Å². The third-order valence-electron chi connectivity index (χ3n) is 4.78. The van der Waals surface area contributed by atoms with Crippen molar-refractivity contribution in [3.05, 3.63) is 0 Å². The second kappa shape index (κ2) is 5.33. The third kappa shape index (κ3) is 2.54. The average molecular weight is 283 g/mol. The van der Waals surface area contributed by atoms with Gasteiger partial charge in [-0.25, -0.2) is 0 Å². The fourth-order valence-electron chi connectivity index (χ4n) is 3.54. The first-order valence-electron chi connectivity index (χ1n) is 7.39. The maximum absolute atomic E-state index is 12.4. The van der Waals surface area contributed by atoms with Gasteiger partial charge in [-0.15, -0.1) is 0 Å². The van der Waals surface area contributed by atoms with Crippen LogP contribution in [-0.4, -0.2) is 54.0 Å². The molecule has 0 aromatic carbocycles. The molecule has 0 bridgehead atoms. The molecule has 0 aromatic rings. The highest BCUT2D eigenvalue weighted by atomic mass is 16.7. The van der Waals surface area contributed by atoms with Crippen molar-refractivity contribution in [2.45, 2.75) is 37.9 Å². The van der Waals surface area contributed by atoms with E-state index in [1.54, 1.807) is 0 Å². The number of likely N-dealkylation sites (tertiary alicyclic amines) is 1. The van der Waals surface area contributed by atoms with Gasteiger partial charge in [0.05, 0.1) is 19.1 Å². The summed E-state index contributed by atoms with van der Waals surface area (Å²) in [5.41, 5.74) is 0. The molecule has 3 rings (SSSR count). The molecule has 3 fully saturated rings. The number of carboxylic acids is 1. The normalized spacial score (nSPS) is 32.7. The van der Waals surface area contributed by atoms with E-state index in [0.29, 0.717) is 58.4 Å². The van der Waals surface area contributed by atoms with Crippen molar-refractivity contribution in [3.63, 3.8) is 0 Å². The molecule has 1 saturated carbocycles. The first-order valence-corrected chi connectivity index (χ1v) is 7.39. The Morgan fingerprint density at radius 1 is 1.05 bits per heavy atom. The van der Waals surface area contributed by atoms with Crippen LogP contribution in [0.15, 0.2) is 0 Å². The van der Waals surface area contributed by atoms with Crippen molar-refractivity contribution in [3.8, 4) is 0 Å². The summed E-state index contributed by atoms with van der Waals surface area (Å²) in [6.07, 6.45) is 3.24. The van der Waals surface area contributed by atoms with Gasteiger partial charge in [0.1, 0.15) is 0 Å². The first kappa shape index (κ1) is 13.8. The highest BCUT2D eigenvalue weighted by molar-refractivity contribution is 5.81. The number of hydrogen-bond donors (Lipinski definition) is 1. The molecule has 1 amide bonds. The lowest BCUT2D eigenvalue weighted by molar-refractivity contribution is -0.188. The molecule has 1 aliphatic carbocycles. The van der Waals surface area contributed by atoms with E-state index in [-0.39, 0.29) is 17.7 Å². The van der Waals surface area contributed by atoms with Gasteiger partial charge in [0.2, 0.25) is 5.91 Å². The average Bonchev–Trinajstić information content (AvgIpc) is 3.08. The first-order chi connectivity index (χ1) is 9.60. The number of rotatable bonds is 2. The highest BCUT2D eigenvalue weighted by Crippen LogP contribution is 2.35. The Kier molecular flexibility index (Phi) is 3.69. The number of carbonyl (C=O) groups excluding carboxylic acids is 1. The van der Waals surface area contributed by atoms with Gasteiger partial charge in [0.15, 0.2) is 5.79 Å². The minimum absolute atomic E-state index is 0.113. The van der Waals surface area contributed by atoms with Gasteiger partial charge in [0.25, 0.3) is 0 Å². The number of aliphatic carboxylic acids is 1. The van der Waals surface area contributed by atoms with Crippen molar-refractivity contribution in [2.24, 2.45) is 11.8 Å². The Labute approximate surface area is 118 Å². The number of hydrogen-bond acceptors (Lipinski definition) is 4. The molecule has 0 unspecified atom stereocenters. The second-order valence-electron chi connectivity index (χ2n) is 5.98. The molecule has 20 heavy (non-hydrogen) atoms. The fraction of sp³-hybridized carbons (Fsp3) is 0.857. The molecular weight excluding hydrogens is 262 g/mol. The largest absolute Gasteiger partial charge is 0.481 e. The van der Waals surface area contributed by atoms with Crippen molar-refractivity contribution in [2.75, 3.05) is 26.3 Å². The van der Waals surface area contributed by atoms with Gasteiger partial charge in [0, 0.05) is 31.8 Å². The van der Waals surface area contributed by atoms with Crippen LogP contribution in [0.4, 0.5) is 0 Å². The second-order valence-corrected chi connectivity index (χ2v) is 5.98. The number of piperidine rings is 1. The standard InChI is InChI=1S/C14H21NO5/c16-12(10-1-2-11(9-10)13(17)18)15-5-3-14(4-6-15)19-7-8-20-14/h10-11H,1-9H2,(H,17,18)/t10-,11+/m1/s1. The van der Waals surface area contributed by atoms with E-state index in [2.05, 4.69) is 0 Å². The Bertz CT molecular complexity index is 394. The summed E-state index contributed by atoms with van der Waals surface area (Å²) in [6.45, 7) is 2.56. The summed E-state index contributed by atoms with van der Waals surface area (Å²) < 4.78 is 11.3. The van der Waals surface area contributed by atoms with E-state index in [9.17, 15) is 9.59 Å². The molecule has 2 aliphatic heterocycles. The number of amides is 1. The molecule has 3 aliphatic rings. The summed E-state index contributed by atoms with van der Waals surface area (Å²) in [5, 5.41) is 9.00. The predicted octanol–water partition coefficient (Wildman–Crippen LogP) is 0.853. The summed E-state index contributed by atoms with van der Waals surface area (Å²) in [5.74, 6) is -1.58. The van der Waals surface area contributed by atoms with Crippen molar-refractivity contribution >= 4 is 11.9 Å². The van der Waals surface area contributed by atoms with Crippen LogP contribution in [-0.2, 0) is 19.1 Å². The zero-order valence-corrected chi connectivity index (χ0v) is 11.5. The lowest BCUT2D eigenvalue weighted by Gasteiger charge is -2.38. The van der Waals surface area contributed by atoms with Gasteiger partial charge in [-0.05, 0) is 19.3 Å². The van der Waals surface area contributed by atoms with E-state index in [4.69, 9.17) is 14.6 Å². The molecule has 0 radical (unpaired) electrons. The van der Waals surface area contributed by atoms with Crippen LogP contribution >= 0.6 is 0 Å². The van der Waals surface area contributed by atoms with Gasteiger partial charge in [-0.2, -0.15) is 0 Å². The molecule has 6 heteroatoms. The van der Waals surface area contributed by atoms with E-state index in [0.717, 1.165) is 0 Å². The number of carbonyl (C=O) groups is 2. The van der Waals surface area contributed by atoms with Gasteiger partial charge in [-0.1, -0.05) is 0 Å². The SMILES string of the molecule is O=C(O)[C@H]1CC[C@@H](C(=O)N2CCC3(CC2)OCCO3)C1. The van der Waals surface area contributed by atoms with Crippen LogP contribution < -0.4 is 0 Å². The summed E-state index contributed by atoms with van der Waals surface area (Å²) in [7, 11) is 0. The van der Waals surface area contributed by atoms with Gasteiger partial charge < -0.3 is 19.5 Å². The summed E-state index contributed by atoms with van der Waals surface area (Å²) in [6, 6.07) is 0. The molecule has 1 N–H and O–H groups in total. The molecule has 0 aromatic heterocycles. The summed E-state index contributed by atoms with van der Waals surface area (Å²) in [4.78, 5) is 25.2. The Morgan fingerprint density at radius 3 is 2.20 bits per heavy atom. The van der Waals surface area contributed by atoms with Crippen molar-refractivity contribution in [1.82, 2.24) is 4.90 Å². The van der Waals surface area contributed by atoms with E-state index < -0.39 is 11.8 Å². The Morgan fingerprint density at radius 2 is 1.65 bits per heavy atom. The van der Waals surface area contributed by atoms with Crippen molar-refractivity contribution < 1.29 is 24.2 Å². The molecule has 6 nitrogen and oxygen atoms in total. The Hall–Kier alpha value is -1.14. The van der Waals surface area contributed by atoms with E-state index >= 15 is 0 Å².